The number of nitrogens with zero attached hydrogens (tertiary/aromatic N) is 3. The standard InChI is InChI=1S/C15H15F3N4O4/c1-9-5-11(21-26-9)20-12(23)7-22(2)14(24)10-3-4-13(19-6-10)25-8-15(16,17)18/h3-6H,7-8H2,1-2H3,(H,20,21,23). The van der Waals surface area contributed by atoms with E-state index in [2.05, 4.69) is 20.2 Å². The number of aromatic nitrogens is 2. The third-order valence-corrected chi connectivity index (χ3v) is 2.99. The molecule has 0 aliphatic heterocycles. The van der Waals surface area contributed by atoms with E-state index in [1.165, 1.54) is 19.2 Å². The Kier molecular flexibility index (Phi) is 5.80. The van der Waals surface area contributed by atoms with Crippen LogP contribution in [0.15, 0.2) is 28.9 Å². The average Bonchev–Trinajstić information content (AvgIpc) is 2.96. The summed E-state index contributed by atoms with van der Waals surface area (Å²) >= 11 is 0. The van der Waals surface area contributed by atoms with Gasteiger partial charge < -0.3 is 19.5 Å². The largest absolute Gasteiger partial charge is 0.468 e. The zero-order chi connectivity index (χ0) is 19.3. The third kappa shape index (κ3) is 5.76. The lowest BCUT2D eigenvalue weighted by molar-refractivity contribution is -0.154. The summed E-state index contributed by atoms with van der Waals surface area (Å²) in [5.41, 5.74) is 0.0944. The molecule has 0 unspecified atom stereocenters. The van der Waals surface area contributed by atoms with Crippen LogP contribution >= 0.6 is 0 Å². The molecule has 0 aliphatic carbocycles. The number of halogens is 3. The van der Waals surface area contributed by atoms with E-state index < -0.39 is 24.6 Å². The van der Waals surface area contributed by atoms with E-state index in [9.17, 15) is 22.8 Å². The van der Waals surface area contributed by atoms with Crippen molar-refractivity contribution in [1.29, 1.82) is 0 Å². The molecule has 0 aliphatic rings. The number of pyridine rings is 1. The summed E-state index contributed by atoms with van der Waals surface area (Å²) in [6, 6.07) is 3.92. The lowest BCUT2D eigenvalue weighted by Gasteiger charge is -2.16. The molecule has 0 fully saturated rings. The summed E-state index contributed by atoms with van der Waals surface area (Å²) < 4.78 is 45.5. The highest BCUT2D eigenvalue weighted by molar-refractivity contribution is 5.98. The summed E-state index contributed by atoms with van der Waals surface area (Å²) in [7, 11) is 1.39. The zero-order valence-electron chi connectivity index (χ0n) is 13.8. The van der Waals surface area contributed by atoms with Gasteiger partial charge >= 0.3 is 6.18 Å². The molecule has 0 radical (unpaired) electrons. The highest BCUT2D eigenvalue weighted by Crippen LogP contribution is 2.17. The molecule has 0 atom stereocenters. The van der Waals surface area contributed by atoms with Crippen LogP contribution in [0.5, 0.6) is 5.88 Å². The van der Waals surface area contributed by atoms with Crippen LogP contribution < -0.4 is 10.1 Å². The molecule has 2 aromatic heterocycles. The molecule has 0 saturated carbocycles. The number of carbonyl (C=O) groups is 2. The number of ether oxygens (including phenoxy) is 1. The molecule has 2 heterocycles. The molecule has 1 N–H and O–H groups in total. The van der Waals surface area contributed by atoms with Crippen molar-refractivity contribution >= 4 is 17.6 Å². The molecule has 140 valence electrons. The highest BCUT2D eigenvalue weighted by Gasteiger charge is 2.28. The van der Waals surface area contributed by atoms with Crippen LogP contribution in [-0.2, 0) is 4.79 Å². The van der Waals surface area contributed by atoms with Crippen LogP contribution in [0.25, 0.3) is 0 Å². The Morgan fingerprint density at radius 2 is 2.08 bits per heavy atom. The third-order valence-electron chi connectivity index (χ3n) is 2.99. The van der Waals surface area contributed by atoms with Gasteiger partial charge in [-0.15, -0.1) is 0 Å². The SMILES string of the molecule is Cc1cc(NC(=O)CN(C)C(=O)c2ccc(OCC(F)(F)F)nc2)no1. The molecule has 8 nitrogen and oxygen atoms in total. The first kappa shape index (κ1) is 19.2. The van der Waals surface area contributed by atoms with Crippen molar-refractivity contribution < 1.29 is 32.0 Å². The van der Waals surface area contributed by atoms with Gasteiger partial charge in [-0.2, -0.15) is 13.2 Å². The molecule has 11 heteroatoms. The Bertz CT molecular complexity index is 774. The van der Waals surface area contributed by atoms with Crippen molar-refractivity contribution in [1.82, 2.24) is 15.0 Å². The number of likely N-dealkylation sites (N-methyl/N-ethyl adjacent to an activating group) is 1. The maximum Gasteiger partial charge on any atom is 0.422 e. The predicted octanol–water partition coefficient (Wildman–Crippen LogP) is 2.03. The van der Waals surface area contributed by atoms with E-state index in [4.69, 9.17) is 4.52 Å². The summed E-state index contributed by atoms with van der Waals surface area (Å²) in [5, 5.41) is 6.06. The molecule has 0 spiro atoms. The van der Waals surface area contributed by atoms with Crippen LogP contribution in [0.2, 0.25) is 0 Å². The summed E-state index contributed by atoms with van der Waals surface area (Å²) in [6.45, 7) is -0.0840. The van der Waals surface area contributed by atoms with Gasteiger partial charge in [-0.1, -0.05) is 5.16 Å². The number of hydrogen-bond donors (Lipinski definition) is 1. The van der Waals surface area contributed by atoms with Gasteiger partial charge in [-0.3, -0.25) is 9.59 Å². The van der Waals surface area contributed by atoms with Gasteiger partial charge in [0.25, 0.3) is 5.91 Å². The number of carbonyl (C=O) groups excluding carboxylic acids is 2. The molecule has 0 aromatic carbocycles. The first-order valence-electron chi connectivity index (χ1n) is 7.28. The number of amides is 2. The Hall–Kier alpha value is -3.11. The molecule has 0 bridgehead atoms. The Labute approximate surface area is 145 Å². The topological polar surface area (TPSA) is 97.6 Å². The molecule has 2 amide bonds. The van der Waals surface area contributed by atoms with Gasteiger partial charge in [0.15, 0.2) is 12.4 Å². The smallest absolute Gasteiger partial charge is 0.422 e. The van der Waals surface area contributed by atoms with Crippen molar-refractivity contribution in [3.63, 3.8) is 0 Å². The minimum atomic E-state index is -4.48. The van der Waals surface area contributed by atoms with E-state index in [0.29, 0.717) is 5.76 Å². The van der Waals surface area contributed by atoms with Crippen LogP contribution in [0.1, 0.15) is 16.1 Å². The number of rotatable bonds is 6. The van der Waals surface area contributed by atoms with Gasteiger partial charge in [0.1, 0.15) is 5.76 Å². The number of anilines is 1. The molecule has 2 rings (SSSR count). The van der Waals surface area contributed by atoms with Crippen LogP contribution in [0.3, 0.4) is 0 Å². The monoisotopic (exact) mass is 372 g/mol. The minimum absolute atomic E-state index is 0.0944. The van der Waals surface area contributed by atoms with Gasteiger partial charge in [0.2, 0.25) is 11.8 Å². The minimum Gasteiger partial charge on any atom is -0.468 e. The van der Waals surface area contributed by atoms with Crippen LogP contribution in [0, 0.1) is 6.92 Å². The molecule has 0 saturated heterocycles. The van der Waals surface area contributed by atoms with Gasteiger partial charge in [0.05, 0.1) is 12.1 Å². The fourth-order valence-corrected chi connectivity index (χ4v) is 1.86. The number of aryl methyl sites for hydroxylation is 1. The lowest BCUT2D eigenvalue weighted by Crippen LogP contribution is -2.35. The Morgan fingerprint density at radius 1 is 1.35 bits per heavy atom. The van der Waals surface area contributed by atoms with E-state index in [0.717, 1.165) is 17.2 Å². The van der Waals surface area contributed by atoms with Gasteiger partial charge in [-0.25, -0.2) is 4.98 Å². The average molecular weight is 372 g/mol. The molecule has 2 aromatic rings. The van der Waals surface area contributed by atoms with Crippen LogP contribution in [-0.4, -0.2) is 53.2 Å². The number of alkyl halides is 3. The maximum absolute atomic E-state index is 12.2. The normalized spacial score (nSPS) is 11.1. The van der Waals surface area contributed by atoms with Crippen molar-refractivity contribution in [3.05, 3.63) is 35.7 Å². The van der Waals surface area contributed by atoms with E-state index in [1.54, 1.807) is 6.92 Å². The summed E-state index contributed by atoms with van der Waals surface area (Å²) in [6.07, 6.45) is -3.41. The van der Waals surface area contributed by atoms with Crippen molar-refractivity contribution in [2.75, 3.05) is 25.5 Å². The Balaban J connectivity index is 1.89. The van der Waals surface area contributed by atoms with Crippen LogP contribution in [0.4, 0.5) is 19.0 Å². The fraction of sp³-hybridized carbons (Fsp3) is 0.333. The summed E-state index contributed by atoms with van der Waals surface area (Å²) in [5.74, 6) is -0.552. The van der Waals surface area contributed by atoms with E-state index >= 15 is 0 Å². The van der Waals surface area contributed by atoms with Crippen molar-refractivity contribution in [2.24, 2.45) is 0 Å². The van der Waals surface area contributed by atoms with Crippen molar-refractivity contribution in [2.45, 2.75) is 13.1 Å². The first-order chi connectivity index (χ1) is 12.1. The molecule has 26 heavy (non-hydrogen) atoms. The van der Waals surface area contributed by atoms with E-state index in [1.807, 2.05) is 0 Å². The van der Waals surface area contributed by atoms with Gasteiger partial charge in [-0.05, 0) is 13.0 Å². The van der Waals surface area contributed by atoms with Gasteiger partial charge in [0, 0.05) is 25.4 Å². The second-order valence-electron chi connectivity index (χ2n) is 5.32. The zero-order valence-corrected chi connectivity index (χ0v) is 13.8. The Morgan fingerprint density at radius 3 is 2.62 bits per heavy atom. The second kappa shape index (κ2) is 7.85. The quantitative estimate of drug-likeness (QED) is 0.833. The highest BCUT2D eigenvalue weighted by atomic mass is 19.4. The maximum atomic E-state index is 12.2. The molecular formula is C15H15F3N4O4. The summed E-state index contributed by atoms with van der Waals surface area (Å²) in [4.78, 5) is 28.9. The number of hydrogen-bond acceptors (Lipinski definition) is 6. The van der Waals surface area contributed by atoms with Crippen molar-refractivity contribution in [3.8, 4) is 5.88 Å². The lowest BCUT2D eigenvalue weighted by atomic mass is 10.2. The first-order valence-corrected chi connectivity index (χ1v) is 7.28. The number of nitrogens with one attached hydrogen (secondary N) is 1. The second-order valence-corrected chi connectivity index (χ2v) is 5.32. The van der Waals surface area contributed by atoms with E-state index in [-0.39, 0.29) is 23.8 Å². The fourth-order valence-electron chi connectivity index (χ4n) is 1.86. The predicted molar refractivity (Wildman–Crippen MR) is 82.6 cm³/mol. The molecular weight excluding hydrogens is 357 g/mol.